The number of benzene rings is 2. The molecule has 7 nitrogen and oxygen atoms in total. The number of likely N-dealkylation sites (N-methyl/N-ethyl adjacent to an activating group) is 1. The Morgan fingerprint density at radius 3 is 2.61 bits per heavy atom. The molecular formula is C31H32N6O. The Kier molecular flexibility index (Phi) is 6.99. The first-order valence-corrected chi connectivity index (χ1v) is 12.9. The molecule has 5 rings (SSSR count). The maximum Gasteiger partial charge on any atom is 0.253 e. The van der Waals surface area contributed by atoms with Crippen LogP contribution in [0.1, 0.15) is 43.9 Å². The van der Waals surface area contributed by atoms with Gasteiger partial charge in [0.15, 0.2) is 0 Å². The quantitative estimate of drug-likeness (QED) is 0.366. The largest absolute Gasteiger partial charge is 0.361 e. The van der Waals surface area contributed by atoms with Crippen molar-refractivity contribution in [2.75, 3.05) is 38.5 Å². The van der Waals surface area contributed by atoms with Gasteiger partial charge in [-0.3, -0.25) is 9.78 Å². The second-order valence-electron chi connectivity index (χ2n) is 9.96. The number of H-pyrrole nitrogens is 1. The van der Waals surface area contributed by atoms with Crippen LogP contribution in [0, 0.1) is 32.1 Å². The molecule has 7 heteroatoms. The smallest absolute Gasteiger partial charge is 0.253 e. The van der Waals surface area contributed by atoms with Crippen LogP contribution in [0.15, 0.2) is 48.8 Å². The normalized spacial score (nSPS) is 14.2. The highest BCUT2D eigenvalue weighted by Crippen LogP contribution is 2.32. The number of nitrogens with one attached hydrogen (secondary N) is 2. The van der Waals surface area contributed by atoms with E-state index < -0.39 is 0 Å². The number of carbonyl (C=O) groups is 1. The molecule has 0 spiro atoms. The van der Waals surface area contributed by atoms with E-state index in [1.54, 1.807) is 6.20 Å². The molecule has 0 atom stereocenters. The Bertz CT molecular complexity index is 1580. The minimum Gasteiger partial charge on any atom is -0.361 e. The average molecular weight is 505 g/mol. The van der Waals surface area contributed by atoms with Crippen LogP contribution in [-0.4, -0.2) is 58.9 Å². The fourth-order valence-corrected chi connectivity index (χ4v) is 4.96. The Balaban J connectivity index is 1.44. The van der Waals surface area contributed by atoms with E-state index in [1.807, 2.05) is 67.4 Å². The SMILES string of the molecule is Cc1cc(C(=O)N2CCN(C)CC2)ccc1/C=C/c1c(C)ncc(C#N)c1Nc1ccc2[nH]ccc2c1C. The van der Waals surface area contributed by atoms with Crippen molar-refractivity contribution in [2.24, 2.45) is 0 Å². The van der Waals surface area contributed by atoms with Gasteiger partial charge in [0, 0.05) is 72.0 Å². The van der Waals surface area contributed by atoms with Gasteiger partial charge in [0.1, 0.15) is 6.07 Å². The third kappa shape index (κ3) is 4.91. The molecule has 0 unspecified atom stereocenters. The van der Waals surface area contributed by atoms with Gasteiger partial charge in [-0.1, -0.05) is 18.2 Å². The lowest BCUT2D eigenvalue weighted by Gasteiger charge is -2.32. The third-order valence-corrected chi connectivity index (χ3v) is 7.44. The van der Waals surface area contributed by atoms with Crippen molar-refractivity contribution < 1.29 is 4.79 Å². The molecular weight excluding hydrogens is 472 g/mol. The molecule has 38 heavy (non-hydrogen) atoms. The number of anilines is 2. The summed E-state index contributed by atoms with van der Waals surface area (Å²) in [6.07, 6.45) is 7.57. The van der Waals surface area contributed by atoms with Crippen LogP contribution in [0.5, 0.6) is 0 Å². The van der Waals surface area contributed by atoms with Crippen LogP contribution in [0.2, 0.25) is 0 Å². The maximum absolute atomic E-state index is 13.0. The first-order chi connectivity index (χ1) is 18.4. The molecule has 2 aromatic heterocycles. The standard InChI is InChI=1S/C31H32N6O/c1-20-17-24(31(38)37-15-13-36(4)14-16-37)6-5-23(20)7-8-27-22(3)34-19-25(18-32)30(27)35-28-9-10-29-26(21(28)2)11-12-33-29/h5-12,17,19,33H,13-16H2,1-4H3,(H,34,35)/b8-7+. The maximum atomic E-state index is 13.0. The highest BCUT2D eigenvalue weighted by molar-refractivity contribution is 5.95. The highest BCUT2D eigenvalue weighted by Gasteiger charge is 2.20. The van der Waals surface area contributed by atoms with Gasteiger partial charge in [-0.25, -0.2) is 0 Å². The zero-order valence-electron chi connectivity index (χ0n) is 22.3. The first kappa shape index (κ1) is 25.2. The number of aromatic nitrogens is 2. The lowest BCUT2D eigenvalue weighted by atomic mass is 10.0. The number of carbonyl (C=O) groups excluding carboxylic acids is 1. The summed E-state index contributed by atoms with van der Waals surface area (Å²) in [5, 5.41) is 14.5. The highest BCUT2D eigenvalue weighted by atomic mass is 16.2. The summed E-state index contributed by atoms with van der Waals surface area (Å²) < 4.78 is 0. The molecule has 1 aliphatic heterocycles. The summed E-state index contributed by atoms with van der Waals surface area (Å²) in [7, 11) is 2.08. The molecule has 4 aromatic rings. The minimum atomic E-state index is 0.0831. The molecule has 1 amide bonds. The number of aromatic amines is 1. The van der Waals surface area contributed by atoms with Gasteiger partial charge in [0.25, 0.3) is 5.91 Å². The van der Waals surface area contributed by atoms with E-state index in [4.69, 9.17) is 0 Å². The first-order valence-electron chi connectivity index (χ1n) is 12.9. The number of aryl methyl sites for hydroxylation is 3. The van der Waals surface area contributed by atoms with Crippen molar-refractivity contribution in [3.05, 3.63) is 87.9 Å². The molecule has 3 heterocycles. The van der Waals surface area contributed by atoms with Crippen LogP contribution >= 0.6 is 0 Å². The van der Waals surface area contributed by atoms with Crippen molar-refractivity contribution in [1.82, 2.24) is 19.8 Å². The number of fused-ring (bicyclic) bond motifs is 1. The number of rotatable bonds is 5. The van der Waals surface area contributed by atoms with Crippen LogP contribution < -0.4 is 5.32 Å². The molecule has 2 N–H and O–H groups in total. The summed E-state index contributed by atoms with van der Waals surface area (Å²) >= 11 is 0. The van der Waals surface area contributed by atoms with Crippen LogP contribution in [-0.2, 0) is 0 Å². The molecule has 1 fully saturated rings. The van der Waals surface area contributed by atoms with Gasteiger partial charge >= 0.3 is 0 Å². The molecule has 1 aliphatic rings. The summed E-state index contributed by atoms with van der Waals surface area (Å²) in [5.41, 5.74) is 8.75. The van der Waals surface area contributed by atoms with Crippen molar-refractivity contribution in [2.45, 2.75) is 20.8 Å². The Labute approximate surface area is 223 Å². The summed E-state index contributed by atoms with van der Waals surface area (Å²) in [5.74, 6) is 0.0831. The molecule has 0 radical (unpaired) electrons. The second-order valence-corrected chi connectivity index (χ2v) is 9.96. The van der Waals surface area contributed by atoms with Gasteiger partial charge in [-0.05, 0) is 74.8 Å². The molecule has 2 aromatic carbocycles. The van der Waals surface area contributed by atoms with Gasteiger partial charge in [0.05, 0.1) is 11.3 Å². The van der Waals surface area contributed by atoms with E-state index >= 15 is 0 Å². The van der Waals surface area contributed by atoms with Crippen molar-refractivity contribution in [1.29, 1.82) is 5.26 Å². The van der Waals surface area contributed by atoms with E-state index in [2.05, 4.69) is 46.3 Å². The number of hydrogen-bond acceptors (Lipinski definition) is 5. The fourth-order valence-electron chi connectivity index (χ4n) is 4.96. The van der Waals surface area contributed by atoms with Crippen LogP contribution in [0.25, 0.3) is 23.1 Å². The van der Waals surface area contributed by atoms with Gasteiger partial charge in [-0.2, -0.15) is 5.26 Å². The number of piperazine rings is 1. The summed E-state index contributed by atoms with van der Waals surface area (Å²) in [6.45, 7) is 9.34. The van der Waals surface area contributed by atoms with E-state index in [0.717, 1.165) is 76.4 Å². The number of nitriles is 1. The van der Waals surface area contributed by atoms with Crippen molar-refractivity contribution in [3.63, 3.8) is 0 Å². The van der Waals surface area contributed by atoms with Gasteiger partial charge in [-0.15, -0.1) is 0 Å². The van der Waals surface area contributed by atoms with Crippen molar-refractivity contribution in [3.8, 4) is 6.07 Å². The number of amides is 1. The fraction of sp³-hybridized carbons (Fsp3) is 0.258. The average Bonchev–Trinajstić information content (AvgIpc) is 3.40. The monoisotopic (exact) mass is 504 g/mol. The van der Waals surface area contributed by atoms with E-state index in [1.165, 1.54) is 0 Å². The number of nitrogens with zero attached hydrogens (tertiary/aromatic N) is 4. The van der Waals surface area contributed by atoms with Gasteiger partial charge < -0.3 is 20.1 Å². The summed E-state index contributed by atoms with van der Waals surface area (Å²) in [4.78, 5) is 24.9. The predicted molar refractivity (Wildman–Crippen MR) is 154 cm³/mol. The number of pyridine rings is 1. The van der Waals surface area contributed by atoms with E-state index in [0.29, 0.717) is 11.1 Å². The summed E-state index contributed by atoms with van der Waals surface area (Å²) in [6, 6.07) is 14.3. The lowest BCUT2D eigenvalue weighted by Crippen LogP contribution is -2.47. The predicted octanol–water partition coefficient (Wildman–Crippen LogP) is 5.66. The van der Waals surface area contributed by atoms with E-state index in [-0.39, 0.29) is 5.91 Å². The number of hydrogen-bond donors (Lipinski definition) is 2. The Morgan fingerprint density at radius 1 is 1.08 bits per heavy atom. The molecule has 0 saturated carbocycles. The molecule has 192 valence electrons. The van der Waals surface area contributed by atoms with Gasteiger partial charge in [0.2, 0.25) is 0 Å². The molecule has 1 saturated heterocycles. The molecule has 0 aliphatic carbocycles. The van der Waals surface area contributed by atoms with Crippen LogP contribution in [0.3, 0.4) is 0 Å². The van der Waals surface area contributed by atoms with Crippen molar-refractivity contribution >= 4 is 40.3 Å². The molecule has 0 bridgehead atoms. The Morgan fingerprint density at radius 2 is 1.87 bits per heavy atom. The topological polar surface area (TPSA) is 88.1 Å². The Hall–Kier alpha value is -4.41. The van der Waals surface area contributed by atoms with E-state index in [9.17, 15) is 10.1 Å². The third-order valence-electron chi connectivity index (χ3n) is 7.44. The second kappa shape index (κ2) is 10.5. The lowest BCUT2D eigenvalue weighted by molar-refractivity contribution is 0.0664. The minimum absolute atomic E-state index is 0.0831. The zero-order valence-corrected chi connectivity index (χ0v) is 22.3. The van der Waals surface area contributed by atoms with Crippen LogP contribution in [0.4, 0.5) is 11.4 Å². The zero-order chi connectivity index (χ0) is 26.8.